The van der Waals surface area contributed by atoms with Crippen molar-refractivity contribution in [2.24, 2.45) is 10.8 Å². The number of carboxylic acids is 1. The Morgan fingerprint density at radius 2 is 1.00 bits per heavy atom. The van der Waals surface area contributed by atoms with Crippen molar-refractivity contribution >= 4 is 57.2 Å². The monoisotopic (exact) mass is 1020 g/mol. The van der Waals surface area contributed by atoms with Crippen LogP contribution in [0.4, 0.5) is 36.7 Å². The normalized spacial score (nSPS) is 15.1. The van der Waals surface area contributed by atoms with Gasteiger partial charge in [-0.1, -0.05) is 72.8 Å². The first-order chi connectivity index (χ1) is 35.5. The number of methoxy groups -OCH3 is 4. The van der Waals surface area contributed by atoms with Crippen LogP contribution in [0.25, 0.3) is 21.8 Å². The predicted octanol–water partition coefficient (Wildman–Crippen LogP) is 8.42. The van der Waals surface area contributed by atoms with Crippen LogP contribution in [-0.4, -0.2) is 97.9 Å². The van der Waals surface area contributed by atoms with Crippen LogP contribution in [-0.2, 0) is 29.0 Å². The molecular weight excluding hydrogens is 960 g/mol. The number of nitrogen functional groups attached to an aromatic ring is 2. The Hall–Kier alpha value is -8.29. The summed E-state index contributed by atoms with van der Waals surface area (Å²) in [7, 11) is 6.23. The number of nitrogens with one attached hydrogen (secondary N) is 1. The number of hydrogen-bond acceptors (Lipinski definition) is 15. The van der Waals surface area contributed by atoms with Gasteiger partial charge in [-0.3, -0.25) is 9.59 Å². The lowest BCUT2D eigenvalue weighted by atomic mass is 9.73. The maximum Gasteiger partial charge on any atom is 0.573 e. The summed E-state index contributed by atoms with van der Waals surface area (Å²) in [4.78, 5) is 48.4. The molecule has 6 N–H and O–H groups in total. The Morgan fingerprint density at radius 1 is 0.595 bits per heavy atom. The van der Waals surface area contributed by atoms with Crippen LogP contribution in [0.3, 0.4) is 0 Å². The van der Waals surface area contributed by atoms with E-state index in [0.717, 1.165) is 11.1 Å². The minimum Gasteiger partial charge on any atom is -0.493 e. The van der Waals surface area contributed by atoms with Gasteiger partial charge in [0.25, 0.3) is 0 Å². The summed E-state index contributed by atoms with van der Waals surface area (Å²) in [6.07, 6.45) is -1.66. The Balaban J connectivity index is 0.000000208. The van der Waals surface area contributed by atoms with Gasteiger partial charge in [-0.15, -0.1) is 13.2 Å². The van der Waals surface area contributed by atoms with Crippen LogP contribution in [0, 0.1) is 10.8 Å². The predicted molar refractivity (Wildman–Crippen MR) is 275 cm³/mol. The van der Waals surface area contributed by atoms with Crippen molar-refractivity contribution < 1.29 is 51.6 Å². The molecule has 0 aliphatic carbocycles. The van der Waals surface area contributed by atoms with Gasteiger partial charge in [0.1, 0.15) is 17.4 Å². The van der Waals surface area contributed by atoms with Gasteiger partial charge >= 0.3 is 12.3 Å². The maximum absolute atomic E-state index is 13.8. The molecule has 4 heterocycles. The number of aromatic nitrogens is 4. The van der Waals surface area contributed by atoms with E-state index in [1.807, 2.05) is 70.5 Å². The number of ether oxygens (including phenoxy) is 5. The van der Waals surface area contributed by atoms with Crippen LogP contribution in [0.2, 0.25) is 0 Å². The largest absolute Gasteiger partial charge is 0.573 e. The SMILES string of the molecule is COc1cc2nc(N3CCC(Cc4ccccc4)(C(=O)NCc4ccc(OC(F)(F)F)cc4)CC3)nc(N)c2cc1OC.COc1cc2nc(N3CCC(Cc4ccccc4)(C(=O)O)CC3)nc(N)c2cc1OC. The number of carboxylic acid groups (broad SMARTS) is 1. The molecule has 20 heteroatoms. The molecule has 0 saturated carbocycles. The summed E-state index contributed by atoms with van der Waals surface area (Å²) >= 11 is 0. The molecule has 9 rings (SSSR count). The topological polar surface area (TPSA) is 223 Å². The molecule has 2 aliphatic heterocycles. The highest BCUT2D eigenvalue weighted by molar-refractivity contribution is 5.93. The van der Waals surface area contributed by atoms with Gasteiger partial charge in [0.2, 0.25) is 17.8 Å². The Labute approximate surface area is 425 Å². The van der Waals surface area contributed by atoms with Crippen molar-refractivity contribution in [2.75, 3.05) is 75.9 Å². The molecule has 5 aromatic carbocycles. The number of nitrogens with two attached hydrogens (primary N) is 2. The summed E-state index contributed by atoms with van der Waals surface area (Å²) in [6.45, 7) is 2.28. The van der Waals surface area contributed by atoms with Gasteiger partial charge in [-0.25, -0.2) is 9.97 Å². The fourth-order valence-corrected chi connectivity index (χ4v) is 9.59. The standard InChI is InChI=1S/C31H32F3N5O4.C23H26N4O4/c1-41-25-16-23-24(17-26(25)42-2)37-29(38-27(23)35)39-14-12-30(13-15-39,18-20-6-4-3-5-7-20)28(40)36-19-21-8-10-22(11-9-21)43-31(32,33)34;1-30-18-12-16-17(13-19(18)31-2)25-22(26-20(16)24)27-10-8-23(9-11-27,21(28)29)14-15-6-4-3-5-7-15/h3-11,16-17H,12-15,18-19H2,1-2H3,(H,36,40)(H2,35,37,38);3-7,12-13H,8-11,14H2,1-2H3,(H,28,29)(H2,24,25,26). The number of amides is 1. The highest BCUT2D eigenvalue weighted by Crippen LogP contribution is 2.41. The van der Waals surface area contributed by atoms with Gasteiger partial charge in [0.05, 0.1) is 50.3 Å². The second-order valence-corrected chi connectivity index (χ2v) is 18.3. The number of anilines is 4. The quantitative estimate of drug-likeness (QED) is 0.0757. The second kappa shape index (κ2) is 22.2. The summed E-state index contributed by atoms with van der Waals surface area (Å²) in [5.74, 6) is 2.60. The van der Waals surface area contributed by atoms with E-state index in [4.69, 9.17) is 35.4 Å². The number of halogens is 3. The van der Waals surface area contributed by atoms with E-state index in [-0.39, 0.29) is 18.2 Å². The molecule has 0 unspecified atom stereocenters. The van der Waals surface area contributed by atoms with Gasteiger partial charge in [-0.05, 0) is 79.5 Å². The number of fused-ring (bicyclic) bond motifs is 2. The molecule has 2 fully saturated rings. The number of alkyl halides is 3. The average Bonchev–Trinajstić information content (AvgIpc) is 3.40. The van der Waals surface area contributed by atoms with E-state index in [1.165, 1.54) is 24.3 Å². The number of carbonyl (C=O) groups excluding carboxylic acids is 1. The number of hydrogen-bond donors (Lipinski definition) is 4. The Morgan fingerprint density at radius 3 is 1.41 bits per heavy atom. The van der Waals surface area contributed by atoms with Crippen molar-refractivity contribution in [1.82, 2.24) is 25.3 Å². The Bertz CT molecular complexity index is 3080. The lowest BCUT2D eigenvalue weighted by Crippen LogP contribution is -2.50. The smallest absolute Gasteiger partial charge is 0.493 e. The summed E-state index contributed by atoms with van der Waals surface area (Å²) < 4.78 is 63.0. The van der Waals surface area contributed by atoms with Crippen LogP contribution in [0.15, 0.2) is 109 Å². The van der Waals surface area contributed by atoms with Gasteiger partial charge in [0, 0.05) is 55.6 Å². The lowest BCUT2D eigenvalue weighted by molar-refractivity contribution is -0.274. The Kier molecular flexibility index (Phi) is 15.6. The third-order valence-corrected chi connectivity index (χ3v) is 13.8. The van der Waals surface area contributed by atoms with Crippen molar-refractivity contribution in [3.8, 4) is 28.7 Å². The highest BCUT2D eigenvalue weighted by atomic mass is 19.4. The molecule has 2 aromatic heterocycles. The molecule has 0 radical (unpaired) electrons. The number of piperidine rings is 2. The van der Waals surface area contributed by atoms with E-state index >= 15 is 0 Å². The molecule has 0 atom stereocenters. The molecule has 1 amide bonds. The number of aliphatic carboxylic acids is 1. The van der Waals surface area contributed by atoms with E-state index in [2.05, 4.69) is 25.0 Å². The van der Waals surface area contributed by atoms with Crippen molar-refractivity contribution in [2.45, 2.75) is 51.4 Å². The molecule has 7 aromatic rings. The molecule has 74 heavy (non-hydrogen) atoms. The highest BCUT2D eigenvalue weighted by Gasteiger charge is 2.43. The third-order valence-electron chi connectivity index (χ3n) is 13.8. The van der Waals surface area contributed by atoms with Gasteiger partial charge < -0.3 is 55.4 Å². The lowest BCUT2D eigenvalue weighted by Gasteiger charge is -2.41. The number of rotatable bonds is 15. The fraction of sp³-hybridized carbons (Fsp3) is 0.333. The van der Waals surface area contributed by atoms with Gasteiger partial charge in [0.15, 0.2) is 23.0 Å². The van der Waals surface area contributed by atoms with E-state index < -0.39 is 23.2 Å². The minimum atomic E-state index is -4.77. The van der Waals surface area contributed by atoms with E-state index in [9.17, 15) is 27.9 Å². The molecule has 0 bridgehead atoms. The molecule has 17 nitrogen and oxygen atoms in total. The van der Waals surface area contributed by atoms with Crippen molar-refractivity contribution in [1.29, 1.82) is 0 Å². The summed E-state index contributed by atoms with van der Waals surface area (Å²) in [5, 5.41) is 14.3. The minimum absolute atomic E-state index is 0.123. The number of benzene rings is 5. The fourth-order valence-electron chi connectivity index (χ4n) is 9.59. The molecule has 0 spiro atoms. The van der Waals surface area contributed by atoms with Crippen LogP contribution in [0.5, 0.6) is 28.7 Å². The van der Waals surface area contributed by atoms with E-state index in [0.29, 0.717) is 139 Å². The van der Waals surface area contributed by atoms with Crippen molar-refractivity contribution in [3.63, 3.8) is 0 Å². The second-order valence-electron chi connectivity index (χ2n) is 18.3. The van der Waals surface area contributed by atoms with E-state index in [1.54, 1.807) is 52.7 Å². The first kappa shape index (κ1) is 52.0. The zero-order valence-electron chi connectivity index (χ0n) is 41.4. The first-order valence-electron chi connectivity index (χ1n) is 23.9. The summed E-state index contributed by atoms with van der Waals surface area (Å²) in [6, 6.07) is 32.1. The third kappa shape index (κ3) is 11.8. The number of nitrogens with zero attached hydrogens (tertiary/aromatic N) is 6. The first-order valence-corrected chi connectivity index (χ1v) is 23.9. The van der Waals surface area contributed by atoms with Crippen LogP contribution in [0.1, 0.15) is 42.4 Å². The van der Waals surface area contributed by atoms with Crippen LogP contribution < -0.4 is 50.3 Å². The maximum atomic E-state index is 13.8. The molecular formula is C54H58F3N9O8. The van der Waals surface area contributed by atoms with Crippen molar-refractivity contribution in [3.05, 3.63) is 126 Å². The molecule has 388 valence electrons. The average molecular weight is 1020 g/mol. The van der Waals surface area contributed by atoms with Gasteiger partial charge in [-0.2, -0.15) is 9.97 Å². The zero-order valence-corrected chi connectivity index (χ0v) is 41.4. The zero-order chi connectivity index (χ0) is 52.6. The molecule has 2 aliphatic rings. The number of carbonyl (C=O) groups is 2. The van der Waals surface area contributed by atoms with Crippen LogP contribution >= 0.6 is 0 Å². The summed E-state index contributed by atoms with van der Waals surface area (Å²) in [5.41, 5.74) is 15.0. The molecule has 2 saturated heterocycles.